The molecular formula is C14H19NO3S. The molecule has 1 aromatic rings. The van der Waals surface area contributed by atoms with Gasteiger partial charge in [0.25, 0.3) is 0 Å². The van der Waals surface area contributed by atoms with E-state index in [0.29, 0.717) is 18.7 Å². The number of hydrogen-bond acceptors (Lipinski definition) is 4. The average Bonchev–Trinajstić information content (AvgIpc) is 2.61. The van der Waals surface area contributed by atoms with Gasteiger partial charge in [0.2, 0.25) is 5.91 Å². The molecule has 2 N–H and O–H groups in total. The number of aliphatic hydroxyl groups excluding tert-OH is 1. The first-order valence-electron chi connectivity index (χ1n) is 6.35. The minimum atomic E-state index is -1.11. The average molecular weight is 281 g/mol. The van der Waals surface area contributed by atoms with Gasteiger partial charge in [-0.2, -0.15) is 0 Å². The molecule has 1 fully saturated rings. The fraction of sp³-hybridized carbons (Fsp3) is 0.500. The molecule has 0 unspecified atom stereocenters. The molecule has 5 heteroatoms. The number of hydrogen-bond donors (Lipinski definition) is 2. The first-order chi connectivity index (χ1) is 9.04. The Morgan fingerprint density at radius 1 is 1.42 bits per heavy atom. The van der Waals surface area contributed by atoms with E-state index >= 15 is 0 Å². The topological polar surface area (TPSA) is 60.8 Å². The molecular weight excluding hydrogens is 262 g/mol. The number of likely N-dealkylation sites (tertiary alicyclic amines) is 1. The Morgan fingerprint density at radius 3 is 2.74 bits per heavy atom. The molecule has 19 heavy (non-hydrogen) atoms. The van der Waals surface area contributed by atoms with Crippen LogP contribution in [0.15, 0.2) is 30.3 Å². The fourth-order valence-electron chi connectivity index (χ4n) is 2.30. The van der Waals surface area contributed by atoms with Gasteiger partial charge in [0.1, 0.15) is 5.72 Å². The van der Waals surface area contributed by atoms with Crippen LogP contribution in [0.5, 0.6) is 0 Å². The highest BCUT2D eigenvalue weighted by molar-refractivity contribution is 8.00. The number of carbonyl (C=O) groups excluding carboxylic acids is 1. The van der Waals surface area contributed by atoms with Crippen molar-refractivity contribution in [2.45, 2.75) is 30.9 Å². The fourth-order valence-corrected chi connectivity index (χ4v) is 3.39. The second-order valence-electron chi connectivity index (χ2n) is 4.91. The number of thioether (sulfide) groups is 1. The Hall–Kier alpha value is -1.04. The summed E-state index contributed by atoms with van der Waals surface area (Å²) in [6.07, 6.45) is 0.406. The van der Waals surface area contributed by atoms with Crippen LogP contribution >= 0.6 is 11.8 Å². The number of rotatable bonds is 5. The minimum Gasteiger partial charge on any atom is -0.396 e. The van der Waals surface area contributed by atoms with Gasteiger partial charge in [-0.15, -0.1) is 11.8 Å². The molecule has 1 heterocycles. The van der Waals surface area contributed by atoms with Crippen molar-refractivity contribution >= 4 is 17.7 Å². The zero-order valence-corrected chi connectivity index (χ0v) is 11.8. The van der Waals surface area contributed by atoms with E-state index in [1.165, 1.54) is 16.7 Å². The number of nitrogens with zero attached hydrogens (tertiary/aromatic N) is 1. The molecule has 0 aromatic heterocycles. The van der Waals surface area contributed by atoms with Crippen molar-refractivity contribution in [3.8, 4) is 0 Å². The van der Waals surface area contributed by atoms with Crippen LogP contribution in [0, 0.1) is 0 Å². The van der Waals surface area contributed by atoms with Crippen molar-refractivity contribution in [3.05, 3.63) is 35.9 Å². The summed E-state index contributed by atoms with van der Waals surface area (Å²) >= 11 is 1.41. The van der Waals surface area contributed by atoms with E-state index in [4.69, 9.17) is 5.11 Å². The van der Waals surface area contributed by atoms with Crippen molar-refractivity contribution < 1.29 is 15.0 Å². The van der Waals surface area contributed by atoms with Crippen molar-refractivity contribution in [1.29, 1.82) is 0 Å². The Kier molecular flexibility index (Phi) is 4.50. The van der Waals surface area contributed by atoms with E-state index in [9.17, 15) is 9.90 Å². The zero-order chi connectivity index (χ0) is 13.9. The second-order valence-corrected chi connectivity index (χ2v) is 6.22. The van der Waals surface area contributed by atoms with Crippen LogP contribution < -0.4 is 0 Å². The molecule has 1 aromatic carbocycles. The van der Waals surface area contributed by atoms with Gasteiger partial charge in [-0.05, 0) is 12.5 Å². The summed E-state index contributed by atoms with van der Waals surface area (Å²) in [6.45, 7) is 2.14. The molecule has 1 saturated heterocycles. The van der Waals surface area contributed by atoms with E-state index in [0.717, 1.165) is 5.56 Å². The van der Waals surface area contributed by atoms with Crippen molar-refractivity contribution in [1.82, 2.24) is 4.90 Å². The Morgan fingerprint density at radius 2 is 2.11 bits per heavy atom. The maximum atomic E-state index is 12.3. The van der Waals surface area contributed by atoms with Crippen LogP contribution in [0.3, 0.4) is 0 Å². The van der Waals surface area contributed by atoms with Gasteiger partial charge in [-0.1, -0.05) is 30.3 Å². The highest BCUT2D eigenvalue weighted by atomic mass is 32.2. The van der Waals surface area contributed by atoms with E-state index < -0.39 is 5.72 Å². The maximum absolute atomic E-state index is 12.3. The molecule has 2 rings (SSSR count). The van der Waals surface area contributed by atoms with Gasteiger partial charge in [-0.3, -0.25) is 4.79 Å². The first kappa shape index (κ1) is 14.4. The lowest BCUT2D eigenvalue weighted by Crippen LogP contribution is -2.42. The standard InChI is InChI=1S/C14H19NO3S/c1-14(18)9-12(19-8-7-16)13(17)15(14)10-11-5-3-2-4-6-11/h2-6,12,16,18H,7-10H2,1H3/t12-,14-/m0/s1. The van der Waals surface area contributed by atoms with Gasteiger partial charge in [-0.25, -0.2) is 0 Å². The lowest BCUT2D eigenvalue weighted by Gasteiger charge is -2.29. The Balaban J connectivity index is 2.08. The molecule has 0 spiro atoms. The van der Waals surface area contributed by atoms with Crippen molar-refractivity contribution in [2.75, 3.05) is 12.4 Å². The van der Waals surface area contributed by atoms with E-state index in [-0.39, 0.29) is 17.8 Å². The lowest BCUT2D eigenvalue weighted by atomic mass is 10.1. The largest absolute Gasteiger partial charge is 0.396 e. The second kappa shape index (κ2) is 5.94. The predicted molar refractivity (Wildman–Crippen MR) is 75.6 cm³/mol. The third-order valence-electron chi connectivity index (χ3n) is 3.29. The van der Waals surface area contributed by atoms with Gasteiger partial charge in [0.05, 0.1) is 11.9 Å². The molecule has 104 valence electrons. The van der Waals surface area contributed by atoms with Crippen LogP contribution in [0.2, 0.25) is 0 Å². The van der Waals surface area contributed by atoms with Crippen LogP contribution in [-0.4, -0.2) is 44.4 Å². The molecule has 0 bridgehead atoms. The number of carbonyl (C=O) groups is 1. The molecule has 0 aliphatic carbocycles. The van der Waals surface area contributed by atoms with E-state index in [2.05, 4.69) is 0 Å². The third-order valence-corrected chi connectivity index (χ3v) is 4.48. The highest BCUT2D eigenvalue weighted by Crippen LogP contribution is 2.35. The van der Waals surface area contributed by atoms with Crippen molar-refractivity contribution in [2.24, 2.45) is 0 Å². The third kappa shape index (κ3) is 3.29. The lowest BCUT2D eigenvalue weighted by molar-refractivity contribution is -0.143. The van der Waals surface area contributed by atoms with Crippen LogP contribution in [0.4, 0.5) is 0 Å². The quantitative estimate of drug-likeness (QED) is 0.852. The van der Waals surface area contributed by atoms with Gasteiger partial charge in [0.15, 0.2) is 0 Å². The number of aliphatic hydroxyl groups is 2. The maximum Gasteiger partial charge on any atom is 0.238 e. The summed E-state index contributed by atoms with van der Waals surface area (Å²) < 4.78 is 0. The molecule has 1 aliphatic heterocycles. The van der Waals surface area contributed by atoms with Gasteiger partial charge in [0, 0.05) is 18.7 Å². The normalized spacial score (nSPS) is 27.0. The molecule has 4 nitrogen and oxygen atoms in total. The molecule has 0 saturated carbocycles. The summed E-state index contributed by atoms with van der Waals surface area (Å²) in [5.74, 6) is 0.471. The number of amides is 1. The Labute approximate surface area is 117 Å². The van der Waals surface area contributed by atoms with Gasteiger partial charge < -0.3 is 15.1 Å². The summed E-state index contributed by atoms with van der Waals surface area (Å²) in [5, 5.41) is 19.0. The minimum absolute atomic E-state index is 0.0488. The monoisotopic (exact) mass is 281 g/mol. The van der Waals surface area contributed by atoms with E-state index in [1.807, 2.05) is 30.3 Å². The van der Waals surface area contributed by atoms with Crippen LogP contribution in [0.1, 0.15) is 18.9 Å². The molecule has 2 atom stereocenters. The first-order valence-corrected chi connectivity index (χ1v) is 7.40. The summed E-state index contributed by atoms with van der Waals surface area (Å²) in [7, 11) is 0. The molecule has 1 aliphatic rings. The summed E-state index contributed by atoms with van der Waals surface area (Å²) in [4.78, 5) is 13.8. The molecule has 0 radical (unpaired) electrons. The Bertz CT molecular complexity index is 436. The van der Waals surface area contributed by atoms with Crippen LogP contribution in [-0.2, 0) is 11.3 Å². The summed E-state index contributed by atoms with van der Waals surface area (Å²) in [6, 6.07) is 9.65. The predicted octanol–water partition coefficient (Wildman–Crippen LogP) is 1.22. The van der Waals surface area contributed by atoms with Crippen molar-refractivity contribution in [3.63, 3.8) is 0 Å². The number of benzene rings is 1. The SMILES string of the molecule is C[C@]1(O)C[C@H](SCCO)C(=O)N1Cc1ccccc1. The van der Waals surface area contributed by atoms with Crippen LogP contribution in [0.25, 0.3) is 0 Å². The summed E-state index contributed by atoms with van der Waals surface area (Å²) in [5.41, 5.74) is -0.107. The van der Waals surface area contributed by atoms with Gasteiger partial charge >= 0.3 is 0 Å². The highest BCUT2D eigenvalue weighted by Gasteiger charge is 2.46. The zero-order valence-electron chi connectivity index (χ0n) is 11.0. The molecule has 1 amide bonds. The van der Waals surface area contributed by atoms with E-state index in [1.54, 1.807) is 6.92 Å². The smallest absolute Gasteiger partial charge is 0.238 e.